The SMILES string of the molecule is CC(NC(=O)C(Cc1cnc[nH]1)NC(=O)C(N)CCCCN)C(=O)NC(CCC(=O)O)C(=O)O. The fourth-order valence-corrected chi connectivity index (χ4v) is 2.95. The van der Waals surface area contributed by atoms with Crippen LogP contribution >= 0.6 is 0 Å². The Balaban J connectivity index is 2.79. The predicted octanol–water partition coefficient (Wildman–Crippen LogP) is -2.17. The first-order valence-corrected chi connectivity index (χ1v) is 10.8. The highest BCUT2D eigenvalue weighted by molar-refractivity contribution is 5.94. The number of nitrogens with one attached hydrogen (secondary N) is 4. The highest BCUT2D eigenvalue weighted by Gasteiger charge is 2.29. The van der Waals surface area contributed by atoms with E-state index in [2.05, 4.69) is 25.9 Å². The first-order valence-electron chi connectivity index (χ1n) is 10.8. The molecule has 1 rings (SSSR count). The maximum atomic E-state index is 12.8. The lowest BCUT2D eigenvalue weighted by atomic mass is 10.1. The van der Waals surface area contributed by atoms with E-state index in [1.165, 1.54) is 19.4 Å². The van der Waals surface area contributed by atoms with Crippen LogP contribution in [0.4, 0.5) is 0 Å². The van der Waals surface area contributed by atoms with Crippen molar-refractivity contribution in [1.29, 1.82) is 0 Å². The van der Waals surface area contributed by atoms with Crippen LogP contribution < -0.4 is 27.4 Å². The minimum absolute atomic E-state index is 0.0395. The number of aliphatic carboxylic acids is 2. The van der Waals surface area contributed by atoms with Crippen LogP contribution in [0.5, 0.6) is 0 Å². The van der Waals surface area contributed by atoms with Gasteiger partial charge in [0.05, 0.1) is 12.4 Å². The molecule has 34 heavy (non-hydrogen) atoms. The Morgan fingerprint density at radius 3 is 2.24 bits per heavy atom. The quantitative estimate of drug-likeness (QED) is 0.118. The lowest BCUT2D eigenvalue weighted by Crippen LogP contribution is -2.56. The molecule has 0 aliphatic rings. The molecule has 3 amide bonds. The van der Waals surface area contributed by atoms with Crippen molar-refractivity contribution in [2.24, 2.45) is 11.5 Å². The predicted molar refractivity (Wildman–Crippen MR) is 119 cm³/mol. The number of carbonyl (C=O) groups is 5. The molecule has 0 radical (unpaired) electrons. The molecule has 1 heterocycles. The molecule has 1 aromatic rings. The van der Waals surface area contributed by atoms with Gasteiger partial charge in [0, 0.05) is 24.7 Å². The van der Waals surface area contributed by atoms with Gasteiger partial charge in [0.15, 0.2) is 0 Å². The average Bonchev–Trinajstić information content (AvgIpc) is 3.28. The maximum absolute atomic E-state index is 12.8. The van der Waals surface area contributed by atoms with E-state index in [4.69, 9.17) is 16.6 Å². The minimum Gasteiger partial charge on any atom is -0.481 e. The summed E-state index contributed by atoms with van der Waals surface area (Å²) in [6.45, 7) is 1.80. The second kappa shape index (κ2) is 14.6. The van der Waals surface area contributed by atoms with Crippen LogP contribution in [0.25, 0.3) is 0 Å². The van der Waals surface area contributed by atoms with Crippen LogP contribution in [0.3, 0.4) is 0 Å². The number of nitrogens with zero attached hydrogens (tertiary/aromatic N) is 1. The van der Waals surface area contributed by atoms with Gasteiger partial charge in [0.25, 0.3) is 0 Å². The van der Waals surface area contributed by atoms with Crippen LogP contribution in [0.2, 0.25) is 0 Å². The Kier molecular flexibility index (Phi) is 12.2. The number of hydrogen-bond acceptors (Lipinski definition) is 8. The van der Waals surface area contributed by atoms with Crippen LogP contribution in [0.1, 0.15) is 44.7 Å². The van der Waals surface area contributed by atoms with E-state index in [1.807, 2.05) is 0 Å². The molecule has 1 aromatic heterocycles. The summed E-state index contributed by atoms with van der Waals surface area (Å²) in [5.74, 6) is -4.68. The van der Waals surface area contributed by atoms with Gasteiger partial charge >= 0.3 is 11.9 Å². The number of carboxylic acid groups (broad SMARTS) is 2. The number of hydrogen-bond donors (Lipinski definition) is 8. The second-order valence-electron chi connectivity index (χ2n) is 7.80. The van der Waals surface area contributed by atoms with E-state index in [1.54, 1.807) is 0 Å². The van der Waals surface area contributed by atoms with E-state index < -0.39 is 60.2 Å². The molecule has 0 aliphatic heterocycles. The minimum atomic E-state index is -1.44. The molecule has 0 aliphatic carbocycles. The van der Waals surface area contributed by atoms with Crippen LogP contribution in [-0.2, 0) is 30.4 Å². The Labute approximate surface area is 196 Å². The summed E-state index contributed by atoms with van der Waals surface area (Å²) < 4.78 is 0. The summed E-state index contributed by atoms with van der Waals surface area (Å²) in [7, 11) is 0. The monoisotopic (exact) mass is 483 g/mol. The second-order valence-corrected chi connectivity index (χ2v) is 7.80. The van der Waals surface area contributed by atoms with Crippen molar-refractivity contribution < 1.29 is 34.2 Å². The molecule has 0 spiro atoms. The van der Waals surface area contributed by atoms with E-state index >= 15 is 0 Å². The molecule has 190 valence electrons. The molecule has 10 N–H and O–H groups in total. The third-order valence-corrected chi connectivity index (χ3v) is 4.93. The molecule has 0 aromatic carbocycles. The van der Waals surface area contributed by atoms with Gasteiger partial charge in [0.1, 0.15) is 18.1 Å². The van der Waals surface area contributed by atoms with Crippen LogP contribution in [0, 0.1) is 0 Å². The molecule has 14 heteroatoms. The van der Waals surface area contributed by atoms with Gasteiger partial charge in [-0.25, -0.2) is 9.78 Å². The number of carbonyl (C=O) groups excluding carboxylic acids is 3. The summed E-state index contributed by atoms with van der Waals surface area (Å²) in [5.41, 5.74) is 11.9. The normalized spacial score (nSPS) is 14.3. The van der Waals surface area contributed by atoms with Crippen molar-refractivity contribution in [2.45, 2.75) is 69.6 Å². The number of aromatic amines is 1. The zero-order valence-electron chi connectivity index (χ0n) is 19.0. The van der Waals surface area contributed by atoms with E-state index in [0.717, 1.165) is 0 Å². The Hall–Kier alpha value is -3.52. The van der Waals surface area contributed by atoms with Gasteiger partial charge in [0.2, 0.25) is 17.7 Å². The third-order valence-electron chi connectivity index (χ3n) is 4.93. The molecule has 0 fully saturated rings. The number of imidazole rings is 1. The van der Waals surface area contributed by atoms with Gasteiger partial charge in [-0.05, 0) is 32.7 Å². The number of H-pyrrole nitrogens is 1. The number of unbranched alkanes of at least 4 members (excludes halogenated alkanes) is 1. The number of rotatable bonds is 16. The Morgan fingerprint density at radius 2 is 1.68 bits per heavy atom. The molecule has 4 atom stereocenters. The first-order chi connectivity index (χ1) is 16.0. The first kappa shape index (κ1) is 28.5. The number of nitrogens with two attached hydrogens (primary N) is 2. The average molecular weight is 484 g/mol. The molecule has 0 bridgehead atoms. The van der Waals surface area contributed by atoms with Crippen molar-refractivity contribution in [1.82, 2.24) is 25.9 Å². The van der Waals surface area contributed by atoms with Gasteiger partial charge < -0.3 is 42.6 Å². The molecule has 4 unspecified atom stereocenters. The lowest BCUT2D eigenvalue weighted by molar-refractivity contribution is -0.143. The summed E-state index contributed by atoms with van der Waals surface area (Å²) in [4.78, 5) is 66.4. The Morgan fingerprint density at radius 1 is 1.00 bits per heavy atom. The fraction of sp³-hybridized carbons (Fsp3) is 0.600. The van der Waals surface area contributed by atoms with E-state index in [0.29, 0.717) is 31.5 Å². The maximum Gasteiger partial charge on any atom is 0.326 e. The molecular weight excluding hydrogens is 450 g/mol. The fourth-order valence-electron chi connectivity index (χ4n) is 2.95. The van der Waals surface area contributed by atoms with Crippen molar-refractivity contribution >= 4 is 29.7 Å². The third kappa shape index (κ3) is 10.4. The highest BCUT2D eigenvalue weighted by Crippen LogP contribution is 2.04. The van der Waals surface area contributed by atoms with Crippen molar-refractivity contribution in [2.75, 3.05) is 6.54 Å². The molecule has 0 saturated heterocycles. The van der Waals surface area contributed by atoms with E-state index in [9.17, 15) is 29.1 Å². The van der Waals surface area contributed by atoms with Gasteiger partial charge in [-0.15, -0.1) is 0 Å². The van der Waals surface area contributed by atoms with E-state index in [-0.39, 0.29) is 12.8 Å². The molecule has 14 nitrogen and oxygen atoms in total. The summed E-state index contributed by atoms with van der Waals surface area (Å²) in [6, 6.07) is -4.55. The van der Waals surface area contributed by atoms with Gasteiger partial charge in [-0.2, -0.15) is 0 Å². The van der Waals surface area contributed by atoms with Gasteiger partial charge in [-0.1, -0.05) is 6.42 Å². The standard InChI is InChI=1S/C20H33N7O7/c1-11(17(30)26-14(20(33)34)5-6-16(28)29)25-19(32)15(8-12-9-23-10-24-12)27-18(31)13(22)4-2-3-7-21/h9-11,13-15H,2-8,21-22H2,1H3,(H,23,24)(H,25,32)(H,26,30)(H,27,31)(H,28,29)(H,33,34). The zero-order valence-corrected chi connectivity index (χ0v) is 19.0. The van der Waals surface area contributed by atoms with Crippen LogP contribution in [0.15, 0.2) is 12.5 Å². The lowest BCUT2D eigenvalue weighted by Gasteiger charge is -2.23. The number of carboxylic acids is 2. The topological polar surface area (TPSA) is 243 Å². The Bertz CT molecular complexity index is 831. The smallest absolute Gasteiger partial charge is 0.326 e. The molecule has 0 saturated carbocycles. The number of aromatic nitrogens is 2. The van der Waals surface area contributed by atoms with Gasteiger partial charge in [-0.3, -0.25) is 19.2 Å². The largest absolute Gasteiger partial charge is 0.481 e. The number of amides is 3. The van der Waals surface area contributed by atoms with Crippen LogP contribution in [-0.4, -0.2) is 80.6 Å². The molecular formula is C20H33N7O7. The van der Waals surface area contributed by atoms with Crippen molar-refractivity contribution in [3.63, 3.8) is 0 Å². The summed E-state index contributed by atoms with van der Waals surface area (Å²) >= 11 is 0. The van der Waals surface area contributed by atoms with Crippen molar-refractivity contribution in [3.8, 4) is 0 Å². The highest BCUT2D eigenvalue weighted by atomic mass is 16.4. The summed E-state index contributed by atoms with van der Waals surface area (Å²) in [6.07, 6.45) is 3.87. The zero-order chi connectivity index (χ0) is 25.7. The summed E-state index contributed by atoms with van der Waals surface area (Å²) in [5, 5.41) is 25.1. The van der Waals surface area contributed by atoms with Crippen molar-refractivity contribution in [3.05, 3.63) is 18.2 Å².